The Labute approximate surface area is 124 Å². The molecule has 0 amide bonds. The van der Waals surface area contributed by atoms with E-state index >= 15 is 0 Å². The molecule has 124 valence electrons. The number of alkyl halides is 5. The second-order valence-corrected chi connectivity index (χ2v) is 5.29. The van der Waals surface area contributed by atoms with Crippen molar-refractivity contribution in [1.82, 2.24) is 4.90 Å². The minimum atomic E-state index is -4.66. The molecule has 0 atom stereocenters. The SMILES string of the molecule is OC1(C(F)(F)F)CCN(Cc2ccccc2OC(F)F)CC1. The van der Waals surface area contributed by atoms with Crippen molar-refractivity contribution in [3.63, 3.8) is 0 Å². The van der Waals surface area contributed by atoms with Crippen LogP contribution in [0.5, 0.6) is 5.75 Å². The lowest BCUT2D eigenvalue weighted by Crippen LogP contribution is -2.53. The van der Waals surface area contributed by atoms with Crippen LogP contribution >= 0.6 is 0 Å². The van der Waals surface area contributed by atoms with Gasteiger partial charge in [0, 0.05) is 25.2 Å². The number of piperidine rings is 1. The Morgan fingerprint density at radius 3 is 2.32 bits per heavy atom. The fourth-order valence-electron chi connectivity index (χ4n) is 2.45. The number of likely N-dealkylation sites (tertiary alicyclic amines) is 1. The van der Waals surface area contributed by atoms with Crippen LogP contribution in [0, 0.1) is 0 Å². The summed E-state index contributed by atoms with van der Waals surface area (Å²) in [5.74, 6) is 0.00848. The van der Waals surface area contributed by atoms with E-state index in [-0.39, 0.29) is 25.4 Å². The number of hydrogen-bond donors (Lipinski definition) is 1. The lowest BCUT2D eigenvalue weighted by Gasteiger charge is -2.39. The van der Waals surface area contributed by atoms with E-state index in [1.165, 1.54) is 6.07 Å². The van der Waals surface area contributed by atoms with E-state index in [0.717, 1.165) is 0 Å². The summed E-state index contributed by atoms with van der Waals surface area (Å²) in [6, 6.07) is 6.16. The zero-order chi connectivity index (χ0) is 16.4. The fourth-order valence-corrected chi connectivity index (χ4v) is 2.45. The first kappa shape index (κ1) is 17.0. The van der Waals surface area contributed by atoms with Crippen LogP contribution in [0.25, 0.3) is 0 Å². The number of halogens is 5. The third-order valence-corrected chi connectivity index (χ3v) is 3.79. The molecular weight excluding hydrogens is 309 g/mol. The molecule has 1 fully saturated rings. The van der Waals surface area contributed by atoms with Crippen LogP contribution in [0.3, 0.4) is 0 Å². The summed E-state index contributed by atoms with van der Waals surface area (Å²) < 4.78 is 67.2. The molecule has 0 aliphatic carbocycles. The Balaban J connectivity index is 2.00. The normalized spacial score (nSPS) is 19.4. The molecular formula is C14H16F5NO2. The molecule has 22 heavy (non-hydrogen) atoms. The molecule has 0 unspecified atom stereocenters. The van der Waals surface area contributed by atoms with Crippen molar-refractivity contribution in [1.29, 1.82) is 0 Å². The highest BCUT2D eigenvalue weighted by atomic mass is 19.4. The predicted octanol–water partition coefficient (Wildman–Crippen LogP) is 3.18. The third-order valence-electron chi connectivity index (χ3n) is 3.79. The Kier molecular flexibility index (Phi) is 4.91. The van der Waals surface area contributed by atoms with E-state index in [4.69, 9.17) is 0 Å². The van der Waals surface area contributed by atoms with E-state index in [0.29, 0.717) is 5.56 Å². The van der Waals surface area contributed by atoms with Gasteiger partial charge in [0.25, 0.3) is 0 Å². The number of rotatable bonds is 4. The molecule has 1 N–H and O–H groups in total. The molecule has 0 spiro atoms. The molecule has 1 aliphatic rings. The highest BCUT2D eigenvalue weighted by Crippen LogP contribution is 2.38. The van der Waals surface area contributed by atoms with Gasteiger partial charge in [-0.3, -0.25) is 4.90 Å². The number of nitrogens with zero attached hydrogens (tertiary/aromatic N) is 1. The van der Waals surface area contributed by atoms with Crippen molar-refractivity contribution in [2.75, 3.05) is 13.1 Å². The zero-order valence-electron chi connectivity index (χ0n) is 11.6. The van der Waals surface area contributed by atoms with E-state index in [2.05, 4.69) is 4.74 Å². The molecule has 2 rings (SSSR count). The predicted molar refractivity (Wildman–Crippen MR) is 68.6 cm³/mol. The third kappa shape index (κ3) is 3.86. The van der Waals surface area contributed by atoms with E-state index in [9.17, 15) is 27.1 Å². The number of benzene rings is 1. The first-order valence-electron chi connectivity index (χ1n) is 6.75. The molecule has 0 radical (unpaired) electrons. The van der Waals surface area contributed by atoms with Gasteiger partial charge in [-0.2, -0.15) is 22.0 Å². The van der Waals surface area contributed by atoms with Gasteiger partial charge in [0.05, 0.1) is 0 Å². The van der Waals surface area contributed by atoms with Crippen molar-refractivity contribution in [2.45, 2.75) is 37.8 Å². The van der Waals surface area contributed by atoms with Crippen LogP contribution in [-0.2, 0) is 6.54 Å². The summed E-state index contributed by atoms with van der Waals surface area (Å²) in [5, 5.41) is 9.59. The van der Waals surface area contributed by atoms with Crippen molar-refractivity contribution in [2.24, 2.45) is 0 Å². The van der Waals surface area contributed by atoms with E-state index in [1.807, 2.05) is 0 Å². The maximum absolute atomic E-state index is 12.7. The molecule has 8 heteroatoms. The highest BCUT2D eigenvalue weighted by molar-refractivity contribution is 5.33. The molecule has 1 heterocycles. The van der Waals surface area contributed by atoms with Gasteiger partial charge in [-0.05, 0) is 18.9 Å². The van der Waals surface area contributed by atoms with Crippen molar-refractivity contribution in [3.05, 3.63) is 29.8 Å². The maximum atomic E-state index is 12.7. The Bertz CT molecular complexity index is 498. The maximum Gasteiger partial charge on any atom is 0.417 e. The van der Waals surface area contributed by atoms with E-state index in [1.54, 1.807) is 23.1 Å². The number of aliphatic hydroxyl groups is 1. The van der Waals surface area contributed by atoms with Gasteiger partial charge < -0.3 is 9.84 Å². The fraction of sp³-hybridized carbons (Fsp3) is 0.571. The highest BCUT2D eigenvalue weighted by Gasteiger charge is 2.54. The standard InChI is InChI=1S/C14H16F5NO2/c15-12(16)22-11-4-2-1-3-10(11)9-20-7-5-13(21,6-8-20)14(17,18)19/h1-4,12,21H,5-9H2. The van der Waals surface area contributed by atoms with Gasteiger partial charge in [0.1, 0.15) is 5.75 Å². The lowest BCUT2D eigenvalue weighted by molar-refractivity contribution is -0.272. The Hall–Kier alpha value is -1.41. The molecule has 1 aromatic carbocycles. The van der Waals surface area contributed by atoms with Crippen LogP contribution in [0.2, 0.25) is 0 Å². The van der Waals surface area contributed by atoms with Crippen molar-refractivity contribution >= 4 is 0 Å². The first-order valence-corrected chi connectivity index (χ1v) is 6.75. The minimum Gasteiger partial charge on any atom is -0.434 e. The van der Waals surface area contributed by atoms with Crippen LogP contribution in [0.1, 0.15) is 18.4 Å². The van der Waals surface area contributed by atoms with Crippen molar-refractivity contribution in [3.8, 4) is 5.75 Å². The van der Waals surface area contributed by atoms with Crippen LogP contribution < -0.4 is 4.74 Å². The molecule has 0 saturated carbocycles. The summed E-state index contributed by atoms with van der Waals surface area (Å²) in [6.07, 6.45) is -5.53. The van der Waals surface area contributed by atoms with Gasteiger partial charge >= 0.3 is 12.8 Å². The molecule has 1 aromatic rings. The summed E-state index contributed by atoms with van der Waals surface area (Å²) in [4.78, 5) is 1.67. The molecule has 0 bridgehead atoms. The minimum absolute atomic E-state index is 0.00848. The zero-order valence-corrected chi connectivity index (χ0v) is 11.6. The van der Waals surface area contributed by atoms with Gasteiger partial charge in [-0.1, -0.05) is 18.2 Å². The van der Waals surface area contributed by atoms with Gasteiger partial charge in [-0.15, -0.1) is 0 Å². The monoisotopic (exact) mass is 325 g/mol. The molecule has 0 aromatic heterocycles. The summed E-state index contributed by atoms with van der Waals surface area (Å²) in [6.45, 7) is -2.72. The summed E-state index contributed by atoms with van der Waals surface area (Å²) >= 11 is 0. The lowest BCUT2D eigenvalue weighted by atomic mass is 9.90. The second kappa shape index (κ2) is 6.37. The number of para-hydroxylation sites is 1. The average Bonchev–Trinajstić information content (AvgIpc) is 2.42. The largest absolute Gasteiger partial charge is 0.434 e. The molecule has 3 nitrogen and oxygen atoms in total. The second-order valence-electron chi connectivity index (χ2n) is 5.29. The van der Waals surface area contributed by atoms with Crippen LogP contribution in [0.4, 0.5) is 22.0 Å². The summed E-state index contributed by atoms with van der Waals surface area (Å²) in [5.41, 5.74) is -2.19. The topological polar surface area (TPSA) is 32.7 Å². The van der Waals surface area contributed by atoms with Crippen molar-refractivity contribution < 1.29 is 31.8 Å². The smallest absolute Gasteiger partial charge is 0.417 e. The average molecular weight is 325 g/mol. The first-order chi connectivity index (χ1) is 10.2. The van der Waals surface area contributed by atoms with Gasteiger partial charge in [0.15, 0.2) is 5.60 Å². The molecule has 1 aliphatic heterocycles. The van der Waals surface area contributed by atoms with Gasteiger partial charge in [-0.25, -0.2) is 0 Å². The van der Waals surface area contributed by atoms with E-state index < -0.39 is 31.2 Å². The Morgan fingerprint density at radius 1 is 1.18 bits per heavy atom. The van der Waals surface area contributed by atoms with Crippen LogP contribution in [-0.4, -0.2) is 41.5 Å². The van der Waals surface area contributed by atoms with Crippen LogP contribution in [0.15, 0.2) is 24.3 Å². The number of hydrogen-bond acceptors (Lipinski definition) is 3. The quantitative estimate of drug-likeness (QED) is 0.863. The Morgan fingerprint density at radius 2 is 1.77 bits per heavy atom. The summed E-state index contributed by atoms with van der Waals surface area (Å²) in [7, 11) is 0. The molecule has 1 saturated heterocycles. The number of ether oxygens (including phenoxy) is 1. The van der Waals surface area contributed by atoms with Gasteiger partial charge in [0.2, 0.25) is 0 Å².